The van der Waals surface area contributed by atoms with E-state index in [0.717, 1.165) is 17.9 Å². The highest BCUT2D eigenvalue weighted by Gasteiger charge is 2.67. The van der Waals surface area contributed by atoms with Gasteiger partial charge in [0.2, 0.25) is 5.91 Å². The van der Waals surface area contributed by atoms with Crippen LogP contribution in [0.3, 0.4) is 0 Å². The summed E-state index contributed by atoms with van der Waals surface area (Å²) in [7, 11) is -0.271. The molecule has 3 saturated carbocycles. The molecule has 1 amide bonds. The van der Waals surface area contributed by atoms with Crippen molar-refractivity contribution in [2.75, 3.05) is 0 Å². The van der Waals surface area contributed by atoms with Gasteiger partial charge in [0, 0.05) is 12.2 Å². The van der Waals surface area contributed by atoms with Gasteiger partial charge in [0.05, 0.1) is 17.7 Å². The van der Waals surface area contributed by atoms with Crippen molar-refractivity contribution >= 4 is 13.0 Å². The average Bonchev–Trinajstić information content (AvgIpc) is 2.97. The van der Waals surface area contributed by atoms with Crippen molar-refractivity contribution in [2.45, 2.75) is 71.5 Å². The summed E-state index contributed by atoms with van der Waals surface area (Å²) in [4.78, 5) is 12.4. The summed E-state index contributed by atoms with van der Waals surface area (Å²) in [6.07, 6.45) is 3.16. The van der Waals surface area contributed by atoms with Gasteiger partial charge in [-0.25, -0.2) is 0 Å². The maximum atomic E-state index is 12.4. The molecule has 0 aromatic heterocycles. The molecule has 5 heteroatoms. The summed E-state index contributed by atoms with van der Waals surface area (Å²) in [5.41, 5.74) is 1.24. The highest BCUT2D eigenvalue weighted by molar-refractivity contribution is 6.45. The molecular formula is C22H32BNO3. The minimum absolute atomic E-state index is 0.0465. The average molecular weight is 369 g/mol. The number of benzene rings is 1. The Morgan fingerprint density at radius 1 is 1.22 bits per heavy atom. The number of carbonyl (C=O) groups is 1. The van der Waals surface area contributed by atoms with E-state index in [0.29, 0.717) is 17.7 Å². The summed E-state index contributed by atoms with van der Waals surface area (Å²) >= 11 is 0. The van der Waals surface area contributed by atoms with Gasteiger partial charge in [-0.15, -0.1) is 0 Å². The highest BCUT2D eigenvalue weighted by Crippen LogP contribution is 2.65. The molecule has 146 valence electrons. The van der Waals surface area contributed by atoms with Gasteiger partial charge in [0.15, 0.2) is 0 Å². The predicted molar refractivity (Wildman–Crippen MR) is 107 cm³/mol. The van der Waals surface area contributed by atoms with Gasteiger partial charge in [0.25, 0.3) is 0 Å². The fraction of sp³-hybridized carbons (Fsp3) is 0.682. The van der Waals surface area contributed by atoms with E-state index < -0.39 is 0 Å². The van der Waals surface area contributed by atoms with Crippen molar-refractivity contribution in [2.24, 2.45) is 23.2 Å². The van der Waals surface area contributed by atoms with Gasteiger partial charge in [-0.05, 0) is 42.6 Å². The minimum atomic E-state index is -0.271. The zero-order valence-electron chi connectivity index (χ0n) is 17.2. The van der Waals surface area contributed by atoms with Gasteiger partial charge >= 0.3 is 7.12 Å². The molecule has 4 fully saturated rings. The number of rotatable bonds is 5. The molecule has 1 aromatic carbocycles. The molecule has 1 aromatic rings. The summed E-state index contributed by atoms with van der Waals surface area (Å²) in [6, 6.07) is 10.1. The lowest BCUT2D eigenvalue weighted by molar-refractivity contribution is -0.199. The Bertz CT molecular complexity index is 707. The maximum absolute atomic E-state index is 12.4. The van der Waals surface area contributed by atoms with Crippen LogP contribution in [0.4, 0.5) is 0 Å². The third-order valence-corrected chi connectivity index (χ3v) is 7.47. The smallest absolute Gasteiger partial charge is 0.405 e. The van der Waals surface area contributed by atoms with Crippen molar-refractivity contribution in [3.8, 4) is 0 Å². The van der Waals surface area contributed by atoms with Crippen LogP contribution in [0.5, 0.6) is 0 Å². The van der Waals surface area contributed by atoms with E-state index in [1.54, 1.807) is 0 Å². The molecular weight excluding hydrogens is 337 g/mol. The third-order valence-electron chi connectivity index (χ3n) is 7.47. The summed E-state index contributed by atoms with van der Waals surface area (Å²) in [5, 5.41) is 3.19. The van der Waals surface area contributed by atoms with Crippen molar-refractivity contribution in [1.82, 2.24) is 5.32 Å². The van der Waals surface area contributed by atoms with E-state index in [1.165, 1.54) is 6.42 Å². The van der Waals surface area contributed by atoms with Gasteiger partial charge in [-0.3, -0.25) is 4.79 Å². The van der Waals surface area contributed by atoms with Crippen LogP contribution in [0.1, 0.15) is 59.1 Å². The minimum Gasteiger partial charge on any atom is -0.405 e. The molecule has 3 unspecified atom stereocenters. The van der Waals surface area contributed by atoms with Crippen molar-refractivity contribution in [1.29, 1.82) is 0 Å². The Kier molecular flexibility index (Phi) is 4.67. The Labute approximate surface area is 163 Å². The SMILES string of the molecule is CC(C)C(=O)N[C@@H](CB1OC2CC3CC(C3(C)C)[C@@]2(C)O1)c1ccccc1. The largest absolute Gasteiger partial charge is 0.460 e. The maximum Gasteiger partial charge on any atom is 0.460 e. The van der Waals surface area contributed by atoms with Gasteiger partial charge < -0.3 is 14.6 Å². The van der Waals surface area contributed by atoms with Gasteiger partial charge in [-0.1, -0.05) is 58.0 Å². The molecule has 0 radical (unpaired) electrons. The topological polar surface area (TPSA) is 47.6 Å². The molecule has 4 nitrogen and oxygen atoms in total. The van der Waals surface area contributed by atoms with Crippen LogP contribution in [0.25, 0.3) is 0 Å². The molecule has 5 atom stereocenters. The molecule has 5 rings (SSSR count). The first kappa shape index (κ1) is 19.0. The standard InChI is InChI=1S/C22H32BNO3/c1-14(2)20(25)24-17(15-9-7-6-8-10-15)13-23-26-19-12-16-11-18(21(16,3)4)22(19,5)27-23/h6-10,14,16-19H,11-13H2,1-5H3,(H,24,25)/t16?,17-,18?,19?,22+/m0/s1. The molecule has 4 aliphatic rings. The summed E-state index contributed by atoms with van der Waals surface area (Å²) in [5.74, 6) is 1.32. The van der Waals surface area contributed by atoms with Crippen LogP contribution in [-0.2, 0) is 14.1 Å². The van der Waals surface area contributed by atoms with Gasteiger partial charge in [0.1, 0.15) is 0 Å². The van der Waals surface area contributed by atoms with Crippen LogP contribution in [0.15, 0.2) is 30.3 Å². The molecule has 1 N–H and O–H groups in total. The summed E-state index contributed by atoms with van der Waals surface area (Å²) < 4.78 is 12.9. The second-order valence-corrected chi connectivity index (χ2v) is 9.76. The number of hydrogen-bond acceptors (Lipinski definition) is 3. The predicted octanol–water partition coefficient (Wildman–Crippen LogP) is 4.23. The Hall–Kier alpha value is -1.33. The normalized spacial score (nSPS) is 34.7. The number of amides is 1. The molecule has 2 bridgehead atoms. The fourth-order valence-electron chi connectivity index (χ4n) is 5.55. The molecule has 27 heavy (non-hydrogen) atoms. The van der Waals surface area contributed by atoms with Crippen molar-refractivity contribution < 1.29 is 14.1 Å². The quantitative estimate of drug-likeness (QED) is 0.791. The third kappa shape index (κ3) is 3.13. The van der Waals surface area contributed by atoms with E-state index in [1.807, 2.05) is 32.0 Å². The molecule has 1 heterocycles. The van der Waals surface area contributed by atoms with E-state index in [2.05, 4.69) is 38.2 Å². The monoisotopic (exact) mass is 369 g/mol. The molecule has 1 saturated heterocycles. The van der Waals surface area contributed by atoms with Crippen LogP contribution < -0.4 is 5.32 Å². The highest BCUT2D eigenvalue weighted by atomic mass is 16.7. The van der Waals surface area contributed by atoms with Crippen LogP contribution in [0, 0.1) is 23.2 Å². The second-order valence-electron chi connectivity index (χ2n) is 9.76. The van der Waals surface area contributed by atoms with E-state index >= 15 is 0 Å². The second kappa shape index (κ2) is 6.63. The molecule has 1 aliphatic heterocycles. The van der Waals surface area contributed by atoms with Crippen molar-refractivity contribution in [3.05, 3.63) is 35.9 Å². The molecule has 3 aliphatic carbocycles. The Morgan fingerprint density at radius 3 is 2.56 bits per heavy atom. The lowest BCUT2D eigenvalue weighted by Crippen LogP contribution is -2.65. The fourth-order valence-corrected chi connectivity index (χ4v) is 5.55. The first-order chi connectivity index (χ1) is 12.7. The van der Waals surface area contributed by atoms with E-state index in [4.69, 9.17) is 9.31 Å². The number of carbonyl (C=O) groups excluding carboxylic acids is 1. The van der Waals surface area contributed by atoms with Crippen LogP contribution >= 0.6 is 0 Å². The Balaban J connectivity index is 1.50. The molecule has 0 spiro atoms. The van der Waals surface area contributed by atoms with Gasteiger partial charge in [-0.2, -0.15) is 0 Å². The lowest BCUT2D eigenvalue weighted by Gasteiger charge is -2.64. The first-order valence-corrected chi connectivity index (χ1v) is 10.4. The zero-order valence-corrected chi connectivity index (χ0v) is 17.2. The van der Waals surface area contributed by atoms with Crippen LogP contribution in [-0.4, -0.2) is 24.7 Å². The Morgan fingerprint density at radius 2 is 1.93 bits per heavy atom. The van der Waals surface area contributed by atoms with Crippen molar-refractivity contribution in [3.63, 3.8) is 0 Å². The lowest BCUT2D eigenvalue weighted by atomic mass is 9.43. The van der Waals surface area contributed by atoms with E-state index in [9.17, 15) is 4.79 Å². The number of hydrogen-bond donors (Lipinski definition) is 1. The van der Waals surface area contributed by atoms with E-state index in [-0.39, 0.29) is 36.7 Å². The summed E-state index contributed by atoms with van der Waals surface area (Å²) in [6.45, 7) is 10.8. The zero-order chi connectivity index (χ0) is 19.4. The number of nitrogens with one attached hydrogen (secondary N) is 1. The van der Waals surface area contributed by atoms with Crippen LogP contribution in [0.2, 0.25) is 6.32 Å². The first-order valence-electron chi connectivity index (χ1n) is 10.4.